The molecule has 0 amide bonds. The van der Waals surface area contributed by atoms with E-state index in [0.717, 1.165) is 10.5 Å². The molecule has 4 nitrogen and oxygen atoms in total. The molecule has 0 radical (unpaired) electrons. The molecule has 100 valence electrons. The lowest BCUT2D eigenvalue weighted by Gasteiger charge is -2.08. The summed E-state index contributed by atoms with van der Waals surface area (Å²) in [5.74, 6) is -0.765. The summed E-state index contributed by atoms with van der Waals surface area (Å²) in [6.07, 6.45) is 0. The van der Waals surface area contributed by atoms with Gasteiger partial charge in [-0.2, -0.15) is 0 Å². The van der Waals surface area contributed by atoms with Crippen molar-refractivity contribution >= 4 is 37.3 Å². The minimum absolute atomic E-state index is 0.0948. The Balaban J connectivity index is 2.32. The molecule has 0 spiro atoms. The molecule has 7 heteroatoms. The standard InChI is InChI=1S/C12H10BrFN2O2S/c13-8-1-3-9(4-2-8)16-19(17,18)10-5-6-12(15)11(14)7-10/h1-7,16H,15H2. The third-order valence-corrected chi connectivity index (χ3v) is 4.29. The maximum Gasteiger partial charge on any atom is 0.261 e. The molecule has 0 atom stereocenters. The number of benzene rings is 2. The first-order valence-corrected chi connectivity index (χ1v) is 7.49. The Kier molecular flexibility index (Phi) is 3.77. The van der Waals surface area contributed by atoms with E-state index in [0.29, 0.717) is 5.69 Å². The summed E-state index contributed by atoms with van der Waals surface area (Å²) < 4.78 is 40.5. The molecule has 2 rings (SSSR count). The Morgan fingerprint density at radius 2 is 1.74 bits per heavy atom. The highest BCUT2D eigenvalue weighted by Crippen LogP contribution is 2.20. The third kappa shape index (κ3) is 3.24. The number of hydrogen-bond acceptors (Lipinski definition) is 3. The van der Waals surface area contributed by atoms with Gasteiger partial charge in [0.05, 0.1) is 10.6 Å². The second kappa shape index (κ2) is 5.18. The molecule has 0 saturated carbocycles. The zero-order chi connectivity index (χ0) is 14.0. The summed E-state index contributed by atoms with van der Waals surface area (Å²) in [7, 11) is -3.83. The fourth-order valence-electron chi connectivity index (χ4n) is 1.41. The Morgan fingerprint density at radius 1 is 1.11 bits per heavy atom. The van der Waals surface area contributed by atoms with Gasteiger partial charge in [-0.15, -0.1) is 0 Å². The Hall–Kier alpha value is -1.60. The number of hydrogen-bond donors (Lipinski definition) is 2. The van der Waals surface area contributed by atoms with E-state index in [1.807, 2.05) is 0 Å². The molecule has 3 N–H and O–H groups in total. The van der Waals surface area contributed by atoms with Gasteiger partial charge < -0.3 is 5.73 Å². The highest BCUT2D eigenvalue weighted by molar-refractivity contribution is 9.10. The maximum absolute atomic E-state index is 13.3. The quantitative estimate of drug-likeness (QED) is 0.840. The van der Waals surface area contributed by atoms with E-state index < -0.39 is 15.8 Å². The summed E-state index contributed by atoms with van der Waals surface area (Å²) in [6.45, 7) is 0. The predicted octanol–water partition coefficient (Wildman–Crippen LogP) is 2.97. The molecule has 2 aromatic carbocycles. The number of nitrogens with one attached hydrogen (secondary N) is 1. The van der Waals surface area contributed by atoms with Crippen LogP contribution in [0.4, 0.5) is 15.8 Å². The van der Waals surface area contributed by atoms with Crippen molar-refractivity contribution in [1.29, 1.82) is 0 Å². The van der Waals surface area contributed by atoms with Gasteiger partial charge in [0, 0.05) is 10.2 Å². The van der Waals surface area contributed by atoms with Gasteiger partial charge in [0.2, 0.25) is 0 Å². The Labute approximate surface area is 118 Å². The molecule has 0 aliphatic carbocycles. The van der Waals surface area contributed by atoms with Crippen molar-refractivity contribution < 1.29 is 12.8 Å². The molecular formula is C12H10BrFN2O2S. The average molecular weight is 345 g/mol. The van der Waals surface area contributed by atoms with Crippen molar-refractivity contribution in [3.8, 4) is 0 Å². The van der Waals surface area contributed by atoms with Crippen molar-refractivity contribution in [2.24, 2.45) is 0 Å². The van der Waals surface area contributed by atoms with Crippen LogP contribution in [0, 0.1) is 5.82 Å². The second-order valence-electron chi connectivity index (χ2n) is 3.80. The minimum atomic E-state index is -3.83. The van der Waals surface area contributed by atoms with Gasteiger partial charge in [0.25, 0.3) is 10.0 Å². The highest BCUT2D eigenvalue weighted by atomic mass is 79.9. The van der Waals surface area contributed by atoms with Crippen LogP contribution in [0.2, 0.25) is 0 Å². The summed E-state index contributed by atoms with van der Waals surface area (Å²) in [5, 5.41) is 0. The van der Waals surface area contributed by atoms with E-state index in [2.05, 4.69) is 20.7 Å². The van der Waals surface area contributed by atoms with E-state index in [9.17, 15) is 12.8 Å². The largest absolute Gasteiger partial charge is 0.396 e. The lowest BCUT2D eigenvalue weighted by Crippen LogP contribution is -2.13. The van der Waals surface area contributed by atoms with Gasteiger partial charge in [-0.3, -0.25) is 4.72 Å². The molecule has 0 unspecified atom stereocenters. The number of halogens is 2. The zero-order valence-electron chi connectivity index (χ0n) is 9.60. The average Bonchev–Trinajstić information content (AvgIpc) is 2.35. The zero-order valence-corrected chi connectivity index (χ0v) is 12.0. The van der Waals surface area contributed by atoms with Crippen molar-refractivity contribution in [3.05, 3.63) is 52.8 Å². The first kappa shape index (κ1) is 13.8. The maximum atomic E-state index is 13.3. The van der Waals surface area contributed by atoms with Crippen molar-refractivity contribution in [2.45, 2.75) is 4.90 Å². The molecule has 0 fully saturated rings. The fourth-order valence-corrected chi connectivity index (χ4v) is 2.74. The summed E-state index contributed by atoms with van der Waals surface area (Å²) in [6, 6.07) is 9.93. The van der Waals surface area contributed by atoms with Crippen LogP contribution in [0.25, 0.3) is 0 Å². The molecule has 0 heterocycles. The van der Waals surface area contributed by atoms with Crippen LogP contribution in [0.1, 0.15) is 0 Å². The summed E-state index contributed by atoms with van der Waals surface area (Å²) >= 11 is 3.25. The molecule has 19 heavy (non-hydrogen) atoms. The van der Waals surface area contributed by atoms with Gasteiger partial charge >= 0.3 is 0 Å². The van der Waals surface area contributed by atoms with Crippen LogP contribution in [0.5, 0.6) is 0 Å². The van der Waals surface area contributed by atoms with Gasteiger partial charge in [0.15, 0.2) is 0 Å². The number of anilines is 2. The molecular weight excluding hydrogens is 335 g/mol. The van der Waals surface area contributed by atoms with Crippen LogP contribution >= 0.6 is 15.9 Å². The molecule has 0 saturated heterocycles. The summed E-state index contributed by atoms with van der Waals surface area (Å²) in [4.78, 5) is -0.179. The smallest absolute Gasteiger partial charge is 0.261 e. The SMILES string of the molecule is Nc1ccc(S(=O)(=O)Nc2ccc(Br)cc2)cc1F. The number of nitrogens with two attached hydrogens (primary N) is 1. The highest BCUT2D eigenvalue weighted by Gasteiger charge is 2.15. The first-order valence-electron chi connectivity index (χ1n) is 5.22. The lowest BCUT2D eigenvalue weighted by atomic mass is 10.3. The van der Waals surface area contributed by atoms with Gasteiger partial charge in [-0.25, -0.2) is 12.8 Å². The second-order valence-corrected chi connectivity index (χ2v) is 6.39. The Morgan fingerprint density at radius 3 is 2.32 bits per heavy atom. The summed E-state index contributed by atoms with van der Waals surface area (Å²) in [5.41, 5.74) is 5.60. The van der Waals surface area contributed by atoms with E-state index in [-0.39, 0.29) is 10.6 Å². The van der Waals surface area contributed by atoms with Gasteiger partial charge in [-0.1, -0.05) is 15.9 Å². The van der Waals surface area contributed by atoms with E-state index in [1.54, 1.807) is 24.3 Å². The molecule has 0 aliphatic heterocycles. The number of sulfonamides is 1. The van der Waals surface area contributed by atoms with Crippen LogP contribution < -0.4 is 10.5 Å². The van der Waals surface area contributed by atoms with Gasteiger partial charge in [-0.05, 0) is 42.5 Å². The normalized spacial score (nSPS) is 11.3. The molecule has 0 aliphatic rings. The number of nitrogen functional groups attached to an aromatic ring is 1. The minimum Gasteiger partial charge on any atom is -0.396 e. The van der Waals surface area contributed by atoms with Crippen molar-refractivity contribution in [2.75, 3.05) is 10.5 Å². The fraction of sp³-hybridized carbons (Fsp3) is 0. The number of rotatable bonds is 3. The van der Waals surface area contributed by atoms with Crippen molar-refractivity contribution in [3.63, 3.8) is 0 Å². The third-order valence-electron chi connectivity index (χ3n) is 2.38. The predicted molar refractivity (Wildman–Crippen MR) is 75.8 cm³/mol. The van der Waals surface area contributed by atoms with Gasteiger partial charge in [0.1, 0.15) is 5.82 Å². The van der Waals surface area contributed by atoms with Crippen LogP contribution in [0.15, 0.2) is 51.8 Å². The van der Waals surface area contributed by atoms with Crippen LogP contribution in [-0.2, 0) is 10.0 Å². The van der Waals surface area contributed by atoms with E-state index >= 15 is 0 Å². The lowest BCUT2D eigenvalue weighted by molar-refractivity contribution is 0.596. The van der Waals surface area contributed by atoms with E-state index in [4.69, 9.17) is 5.73 Å². The molecule has 0 aromatic heterocycles. The van der Waals surface area contributed by atoms with Crippen molar-refractivity contribution in [1.82, 2.24) is 0 Å². The monoisotopic (exact) mass is 344 g/mol. The Bertz CT molecular complexity index is 702. The van der Waals surface area contributed by atoms with Crippen LogP contribution in [-0.4, -0.2) is 8.42 Å². The topological polar surface area (TPSA) is 72.2 Å². The molecule has 0 bridgehead atoms. The molecule has 2 aromatic rings. The first-order chi connectivity index (χ1) is 8.88. The van der Waals surface area contributed by atoms with E-state index in [1.165, 1.54) is 12.1 Å². The van der Waals surface area contributed by atoms with Crippen LogP contribution in [0.3, 0.4) is 0 Å².